The van der Waals surface area contributed by atoms with Gasteiger partial charge in [0.15, 0.2) is 0 Å². The van der Waals surface area contributed by atoms with Gasteiger partial charge in [-0.15, -0.1) is 0 Å². The van der Waals surface area contributed by atoms with Crippen molar-refractivity contribution in [1.82, 2.24) is 10.7 Å². The molecule has 0 aliphatic rings. The van der Waals surface area contributed by atoms with Gasteiger partial charge in [-0.25, -0.2) is 5.84 Å². The molecule has 0 saturated heterocycles. The highest BCUT2D eigenvalue weighted by atomic mass is 16.2. The van der Waals surface area contributed by atoms with Crippen LogP contribution in [0.4, 0.5) is 11.4 Å². The van der Waals surface area contributed by atoms with E-state index in [4.69, 9.17) is 5.84 Å². The van der Waals surface area contributed by atoms with E-state index >= 15 is 0 Å². The summed E-state index contributed by atoms with van der Waals surface area (Å²) in [5, 5.41) is 5.40. The van der Waals surface area contributed by atoms with E-state index in [1.54, 1.807) is 24.3 Å². The minimum atomic E-state index is -0.542. The van der Waals surface area contributed by atoms with Crippen LogP contribution in [0.3, 0.4) is 0 Å². The molecule has 0 heterocycles. The van der Waals surface area contributed by atoms with Crippen molar-refractivity contribution in [1.29, 1.82) is 0 Å². The van der Waals surface area contributed by atoms with Gasteiger partial charge in [0.2, 0.25) is 5.91 Å². The summed E-state index contributed by atoms with van der Waals surface area (Å²) in [4.78, 5) is 37.8. The second-order valence-electron chi connectivity index (χ2n) is 6.50. The molecule has 0 aliphatic heterocycles. The number of nitrogens with two attached hydrogens (primary N) is 1. The molecule has 0 aromatic heterocycles. The van der Waals surface area contributed by atoms with E-state index in [0.29, 0.717) is 22.5 Å². The predicted octanol–water partition coefficient (Wildman–Crippen LogP) is 2.25. The molecule has 5 N–H and O–H groups in total. The molecule has 158 valence electrons. The number of hydrogen-bond donors (Lipinski definition) is 4. The molecule has 3 amide bonds. The number of amides is 3. The molecule has 0 aliphatic carbocycles. The Bertz CT molecular complexity index is 917. The van der Waals surface area contributed by atoms with E-state index in [1.807, 2.05) is 29.7 Å². The van der Waals surface area contributed by atoms with Gasteiger partial charge in [0.1, 0.15) is 0 Å². The summed E-state index contributed by atoms with van der Waals surface area (Å²) in [6.07, 6.45) is 1.23. The molecule has 2 rings (SSSR count). The highest BCUT2D eigenvalue weighted by Gasteiger charge is 2.12. The van der Waals surface area contributed by atoms with Gasteiger partial charge >= 0.3 is 0 Å². The lowest BCUT2D eigenvalue weighted by Crippen LogP contribution is -2.30. The van der Waals surface area contributed by atoms with E-state index in [1.165, 1.54) is 13.0 Å². The molecular weight excluding hydrogens is 382 g/mol. The number of nitrogens with one attached hydrogen (secondary N) is 3. The molecular formula is C22H27N5O3. The first-order valence-corrected chi connectivity index (χ1v) is 9.64. The smallest absolute Gasteiger partial charge is 0.259 e. The summed E-state index contributed by atoms with van der Waals surface area (Å²) in [6.45, 7) is 7.31. The van der Waals surface area contributed by atoms with Gasteiger partial charge in [-0.1, -0.05) is 12.1 Å². The van der Waals surface area contributed by atoms with Crippen molar-refractivity contribution in [2.24, 2.45) is 5.84 Å². The highest BCUT2D eigenvalue weighted by Crippen LogP contribution is 2.19. The van der Waals surface area contributed by atoms with Gasteiger partial charge in [0.25, 0.3) is 11.8 Å². The van der Waals surface area contributed by atoms with E-state index in [-0.39, 0.29) is 5.91 Å². The largest absolute Gasteiger partial charge is 0.372 e. The summed E-state index contributed by atoms with van der Waals surface area (Å²) in [5.74, 6) is 4.07. The van der Waals surface area contributed by atoms with Gasteiger partial charge in [-0.05, 0) is 55.8 Å². The molecule has 0 saturated carbocycles. The van der Waals surface area contributed by atoms with Crippen LogP contribution in [0.2, 0.25) is 0 Å². The molecule has 0 atom stereocenters. The van der Waals surface area contributed by atoms with E-state index in [2.05, 4.69) is 29.4 Å². The van der Waals surface area contributed by atoms with Crippen LogP contribution in [-0.4, -0.2) is 30.8 Å². The third-order valence-corrected chi connectivity index (χ3v) is 4.44. The fourth-order valence-corrected chi connectivity index (χ4v) is 2.91. The maximum atomic E-state index is 12.7. The molecule has 0 fully saturated rings. The summed E-state index contributed by atoms with van der Waals surface area (Å²) in [5.41, 5.74) is 5.03. The van der Waals surface area contributed by atoms with Gasteiger partial charge in [0, 0.05) is 43.0 Å². The number of anilines is 2. The Labute approximate surface area is 176 Å². The van der Waals surface area contributed by atoms with Gasteiger partial charge in [-0.3, -0.25) is 19.8 Å². The summed E-state index contributed by atoms with van der Waals surface area (Å²) >= 11 is 0. The number of carbonyl (C=O) groups is 3. The van der Waals surface area contributed by atoms with Crippen LogP contribution < -0.4 is 26.8 Å². The summed E-state index contributed by atoms with van der Waals surface area (Å²) < 4.78 is 0. The average Bonchev–Trinajstić information content (AvgIpc) is 2.74. The topological polar surface area (TPSA) is 117 Å². The Kier molecular flexibility index (Phi) is 8.13. The van der Waals surface area contributed by atoms with Crippen LogP contribution in [0.25, 0.3) is 5.70 Å². The van der Waals surface area contributed by atoms with Crippen LogP contribution in [-0.2, 0) is 9.59 Å². The first-order chi connectivity index (χ1) is 14.4. The lowest BCUT2D eigenvalue weighted by atomic mass is 10.1. The summed E-state index contributed by atoms with van der Waals surface area (Å²) in [6, 6.07) is 14.0. The lowest BCUT2D eigenvalue weighted by Gasteiger charge is -2.21. The van der Waals surface area contributed by atoms with Crippen molar-refractivity contribution in [2.45, 2.75) is 20.8 Å². The molecule has 8 nitrogen and oxygen atoms in total. The summed E-state index contributed by atoms with van der Waals surface area (Å²) in [7, 11) is 0. The lowest BCUT2D eigenvalue weighted by molar-refractivity contribution is -0.116. The Morgan fingerprint density at radius 2 is 1.50 bits per heavy atom. The first kappa shape index (κ1) is 22.6. The SMILES string of the molecule is CCN(CC)c1ccc(C(=CC(=O)NN)NC(=O)c2ccc(NC(C)=O)cc2)cc1. The quantitative estimate of drug-likeness (QED) is 0.231. The van der Waals surface area contributed by atoms with Gasteiger partial charge < -0.3 is 15.5 Å². The minimum absolute atomic E-state index is 0.196. The Balaban J connectivity index is 2.25. The van der Waals surface area contributed by atoms with Crippen LogP contribution >= 0.6 is 0 Å². The van der Waals surface area contributed by atoms with Crippen LogP contribution in [0.5, 0.6) is 0 Å². The molecule has 2 aromatic carbocycles. The Hall–Kier alpha value is -3.65. The maximum Gasteiger partial charge on any atom is 0.259 e. The predicted molar refractivity (Wildman–Crippen MR) is 119 cm³/mol. The fraction of sp³-hybridized carbons (Fsp3) is 0.227. The molecule has 0 radical (unpaired) electrons. The zero-order valence-electron chi connectivity index (χ0n) is 17.4. The number of carbonyl (C=O) groups excluding carboxylic acids is 3. The third-order valence-electron chi connectivity index (χ3n) is 4.44. The number of benzene rings is 2. The van der Waals surface area contributed by atoms with Crippen molar-refractivity contribution in [3.63, 3.8) is 0 Å². The second-order valence-corrected chi connectivity index (χ2v) is 6.50. The highest BCUT2D eigenvalue weighted by molar-refractivity contribution is 6.03. The maximum absolute atomic E-state index is 12.7. The average molecular weight is 409 g/mol. The van der Waals surface area contributed by atoms with Gasteiger partial charge in [-0.2, -0.15) is 0 Å². The van der Waals surface area contributed by atoms with E-state index < -0.39 is 11.8 Å². The first-order valence-electron chi connectivity index (χ1n) is 9.64. The monoisotopic (exact) mass is 409 g/mol. The van der Waals surface area contributed by atoms with Crippen LogP contribution in [0.15, 0.2) is 54.6 Å². The van der Waals surface area contributed by atoms with E-state index in [0.717, 1.165) is 18.8 Å². The molecule has 2 aromatic rings. The molecule has 8 heteroatoms. The van der Waals surface area contributed by atoms with E-state index in [9.17, 15) is 14.4 Å². The normalized spacial score (nSPS) is 10.9. The number of rotatable bonds is 8. The van der Waals surface area contributed by atoms with Crippen LogP contribution in [0, 0.1) is 0 Å². The Morgan fingerprint density at radius 3 is 2.00 bits per heavy atom. The zero-order chi connectivity index (χ0) is 22.1. The number of hydrogen-bond acceptors (Lipinski definition) is 5. The third kappa shape index (κ3) is 6.18. The molecule has 0 bridgehead atoms. The molecule has 30 heavy (non-hydrogen) atoms. The van der Waals surface area contributed by atoms with Crippen molar-refractivity contribution in [2.75, 3.05) is 23.3 Å². The number of nitrogens with zero attached hydrogens (tertiary/aromatic N) is 1. The second kappa shape index (κ2) is 10.8. The van der Waals surface area contributed by atoms with Crippen molar-refractivity contribution in [3.05, 3.63) is 65.7 Å². The molecule has 0 spiro atoms. The minimum Gasteiger partial charge on any atom is -0.372 e. The van der Waals surface area contributed by atoms with Crippen molar-refractivity contribution < 1.29 is 14.4 Å². The van der Waals surface area contributed by atoms with Crippen molar-refractivity contribution >= 4 is 34.8 Å². The zero-order valence-corrected chi connectivity index (χ0v) is 17.4. The van der Waals surface area contributed by atoms with Crippen LogP contribution in [0.1, 0.15) is 36.7 Å². The fourth-order valence-electron chi connectivity index (χ4n) is 2.91. The molecule has 0 unspecified atom stereocenters. The number of hydrazine groups is 1. The Morgan fingerprint density at radius 1 is 0.933 bits per heavy atom. The van der Waals surface area contributed by atoms with Gasteiger partial charge in [0.05, 0.1) is 5.70 Å². The van der Waals surface area contributed by atoms with Crippen molar-refractivity contribution in [3.8, 4) is 0 Å². The standard InChI is InChI=1S/C22H27N5O3/c1-4-27(5-2)19-12-8-16(9-13-19)20(14-21(29)26-23)25-22(30)17-6-10-18(11-7-17)24-15(3)28/h6-14H,4-5,23H2,1-3H3,(H,24,28)(H,25,30)(H,26,29).